The molecule has 1 aromatic rings. The zero-order valence-electron chi connectivity index (χ0n) is 7.08. The molecule has 0 heterocycles. The Morgan fingerprint density at radius 2 is 1.92 bits per heavy atom. The predicted octanol–water partition coefficient (Wildman–Crippen LogP) is 1.02. The number of nitrogens with zero attached hydrogens (tertiary/aromatic N) is 1. The maximum atomic E-state index is 11.2. The van der Waals surface area contributed by atoms with Crippen LogP contribution in [0.3, 0.4) is 0 Å². The zero-order valence-corrected chi connectivity index (χ0v) is 7.98. The van der Waals surface area contributed by atoms with Crippen molar-refractivity contribution in [2.24, 2.45) is 5.16 Å². The van der Waals surface area contributed by atoms with Crippen molar-refractivity contribution < 1.29 is 14.7 Å². The number of rotatable bonds is 2. The lowest BCUT2D eigenvalue weighted by Crippen LogP contribution is -2.02. The molecule has 2 N–H and O–H groups in total. The van der Waals surface area contributed by atoms with Crippen molar-refractivity contribution >= 4 is 18.9 Å². The highest BCUT2D eigenvalue weighted by atomic mass is 31.2. The fourth-order valence-electron chi connectivity index (χ4n) is 0.904. The first-order chi connectivity index (χ1) is 6.04. The molecule has 70 valence electrons. The SMILES string of the molecule is CP(=O)(O)c1ccc(C=NO)cc1. The van der Waals surface area contributed by atoms with Crippen LogP contribution >= 0.6 is 7.37 Å². The molecule has 0 aliphatic rings. The molecule has 1 aromatic carbocycles. The fraction of sp³-hybridized carbons (Fsp3) is 0.125. The molecule has 0 aliphatic heterocycles. The van der Waals surface area contributed by atoms with E-state index in [0.717, 1.165) is 0 Å². The molecule has 0 aliphatic carbocycles. The van der Waals surface area contributed by atoms with Crippen LogP contribution in [0.4, 0.5) is 0 Å². The summed E-state index contributed by atoms with van der Waals surface area (Å²) in [5, 5.41) is 11.4. The minimum Gasteiger partial charge on any atom is -0.411 e. The van der Waals surface area contributed by atoms with E-state index in [1.165, 1.54) is 25.0 Å². The average molecular weight is 199 g/mol. The molecule has 5 heteroatoms. The van der Waals surface area contributed by atoms with Gasteiger partial charge in [0.15, 0.2) is 0 Å². The minimum atomic E-state index is -3.16. The molecule has 0 spiro atoms. The first-order valence-corrected chi connectivity index (χ1v) is 5.73. The lowest BCUT2D eigenvalue weighted by Gasteiger charge is -2.04. The van der Waals surface area contributed by atoms with Crippen LogP contribution in [0.25, 0.3) is 0 Å². The lowest BCUT2D eigenvalue weighted by atomic mass is 10.2. The third-order valence-corrected chi connectivity index (χ3v) is 2.84. The van der Waals surface area contributed by atoms with E-state index in [0.29, 0.717) is 10.9 Å². The van der Waals surface area contributed by atoms with E-state index in [4.69, 9.17) is 5.21 Å². The van der Waals surface area contributed by atoms with Crippen molar-refractivity contribution in [3.05, 3.63) is 29.8 Å². The van der Waals surface area contributed by atoms with Crippen LogP contribution in [0.15, 0.2) is 29.4 Å². The summed E-state index contributed by atoms with van der Waals surface area (Å²) < 4.78 is 11.2. The van der Waals surface area contributed by atoms with Crippen LogP contribution in [0.2, 0.25) is 0 Å². The van der Waals surface area contributed by atoms with Crippen molar-refractivity contribution in [2.45, 2.75) is 0 Å². The molecule has 0 saturated heterocycles. The Labute approximate surface area is 76.0 Å². The largest absolute Gasteiger partial charge is 0.411 e. The fourth-order valence-corrected chi connectivity index (χ4v) is 1.61. The molecule has 1 atom stereocenters. The number of benzene rings is 1. The molecular weight excluding hydrogens is 189 g/mol. The van der Waals surface area contributed by atoms with Crippen molar-refractivity contribution in [3.8, 4) is 0 Å². The summed E-state index contributed by atoms with van der Waals surface area (Å²) in [5.41, 5.74) is 0.680. The summed E-state index contributed by atoms with van der Waals surface area (Å²) in [7, 11) is -3.16. The van der Waals surface area contributed by atoms with Gasteiger partial charge in [0.1, 0.15) is 0 Å². The normalized spacial score (nSPS) is 15.8. The van der Waals surface area contributed by atoms with Crippen LogP contribution in [0.1, 0.15) is 5.56 Å². The quantitative estimate of drug-likeness (QED) is 0.323. The Morgan fingerprint density at radius 3 is 2.31 bits per heavy atom. The predicted molar refractivity (Wildman–Crippen MR) is 51.2 cm³/mol. The summed E-state index contributed by atoms with van der Waals surface area (Å²) >= 11 is 0. The number of oxime groups is 1. The van der Waals surface area contributed by atoms with Crippen LogP contribution in [-0.2, 0) is 4.57 Å². The molecule has 4 nitrogen and oxygen atoms in total. The Hall–Kier alpha value is -1.12. The van der Waals surface area contributed by atoms with Crippen LogP contribution < -0.4 is 5.30 Å². The highest BCUT2D eigenvalue weighted by Crippen LogP contribution is 2.33. The van der Waals surface area contributed by atoms with Gasteiger partial charge in [-0.25, -0.2) is 0 Å². The second kappa shape index (κ2) is 3.73. The third-order valence-electron chi connectivity index (χ3n) is 1.58. The van der Waals surface area contributed by atoms with Crippen LogP contribution in [0, 0.1) is 0 Å². The van der Waals surface area contributed by atoms with Gasteiger partial charge in [-0.2, -0.15) is 0 Å². The molecule has 0 aromatic heterocycles. The summed E-state index contributed by atoms with van der Waals surface area (Å²) in [4.78, 5) is 9.18. The smallest absolute Gasteiger partial charge is 0.226 e. The van der Waals surface area contributed by atoms with Gasteiger partial charge < -0.3 is 10.1 Å². The zero-order chi connectivity index (χ0) is 9.90. The van der Waals surface area contributed by atoms with E-state index in [2.05, 4.69) is 5.16 Å². The molecule has 0 radical (unpaired) electrons. The van der Waals surface area contributed by atoms with Gasteiger partial charge in [-0.05, 0) is 17.7 Å². The van der Waals surface area contributed by atoms with E-state index in [-0.39, 0.29) is 0 Å². The minimum absolute atomic E-state index is 0.391. The van der Waals surface area contributed by atoms with Crippen molar-refractivity contribution in [2.75, 3.05) is 6.66 Å². The molecule has 1 rings (SSSR count). The first kappa shape index (κ1) is 9.96. The molecule has 0 saturated carbocycles. The lowest BCUT2D eigenvalue weighted by molar-refractivity contribution is 0.322. The highest BCUT2D eigenvalue weighted by Gasteiger charge is 2.12. The van der Waals surface area contributed by atoms with Crippen molar-refractivity contribution in [1.82, 2.24) is 0 Å². The molecular formula is C8H10NO3P. The van der Waals surface area contributed by atoms with E-state index in [1.54, 1.807) is 12.1 Å². The van der Waals surface area contributed by atoms with E-state index in [1.807, 2.05) is 0 Å². The van der Waals surface area contributed by atoms with Gasteiger partial charge in [0.05, 0.1) is 6.21 Å². The topological polar surface area (TPSA) is 69.9 Å². The van der Waals surface area contributed by atoms with Gasteiger partial charge in [-0.15, -0.1) is 0 Å². The second-order valence-electron chi connectivity index (χ2n) is 2.72. The van der Waals surface area contributed by atoms with E-state index >= 15 is 0 Å². The van der Waals surface area contributed by atoms with Gasteiger partial charge in [0, 0.05) is 12.0 Å². The van der Waals surface area contributed by atoms with Gasteiger partial charge in [-0.3, -0.25) is 4.57 Å². The van der Waals surface area contributed by atoms with Gasteiger partial charge in [-0.1, -0.05) is 17.3 Å². The highest BCUT2D eigenvalue weighted by molar-refractivity contribution is 7.65. The third kappa shape index (κ3) is 2.68. The summed E-state index contributed by atoms with van der Waals surface area (Å²) in [6.45, 7) is 1.28. The first-order valence-electron chi connectivity index (χ1n) is 3.62. The Morgan fingerprint density at radius 1 is 1.38 bits per heavy atom. The van der Waals surface area contributed by atoms with E-state index in [9.17, 15) is 9.46 Å². The summed E-state index contributed by atoms with van der Waals surface area (Å²) in [6, 6.07) is 6.30. The van der Waals surface area contributed by atoms with Gasteiger partial charge in [0.25, 0.3) is 0 Å². The van der Waals surface area contributed by atoms with Crippen molar-refractivity contribution in [3.63, 3.8) is 0 Å². The van der Waals surface area contributed by atoms with Gasteiger partial charge in [0.2, 0.25) is 7.37 Å². The Kier molecular flexibility index (Phi) is 2.86. The Balaban J connectivity index is 3.01. The maximum Gasteiger partial charge on any atom is 0.226 e. The summed E-state index contributed by atoms with van der Waals surface area (Å²) in [5.74, 6) is 0. The second-order valence-corrected chi connectivity index (χ2v) is 4.99. The molecule has 13 heavy (non-hydrogen) atoms. The number of hydrogen-bond donors (Lipinski definition) is 2. The standard InChI is InChI=1S/C8H10NO3P/c1-13(11,12)8-4-2-7(3-5-8)6-9-10/h2-6,10H,1H3,(H,11,12). The molecule has 1 unspecified atom stereocenters. The maximum absolute atomic E-state index is 11.2. The van der Waals surface area contributed by atoms with E-state index < -0.39 is 7.37 Å². The number of hydrogen-bond acceptors (Lipinski definition) is 3. The molecule has 0 fully saturated rings. The Bertz CT molecular complexity index is 352. The van der Waals surface area contributed by atoms with Crippen molar-refractivity contribution in [1.29, 1.82) is 0 Å². The molecule has 0 amide bonds. The monoisotopic (exact) mass is 199 g/mol. The van der Waals surface area contributed by atoms with Crippen LogP contribution in [-0.4, -0.2) is 23.0 Å². The average Bonchev–Trinajstić information content (AvgIpc) is 2.04. The molecule has 0 bridgehead atoms. The summed E-state index contributed by atoms with van der Waals surface area (Å²) in [6.07, 6.45) is 1.25. The van der Waals surface area contributed by atoms with Gasteiger partial charge >= 0.3 is 0 Å². The van der Waals surface area contributed by atoms with Crippen LogP contribution in [0.5, 0.6) is 0 Å².